The second kappa shape index (κ2) is 9.92. The molecule has 2 aromatic carbocycles. The van der Waals surface area contributed by atoms with E-state index in [1.54, 1.807) is 0 Å². The molecule has 1 N–H and O–H groups in total. The van der Waals surface area contributed by atoms with Gasteiger partial charge in [-0.25, -0.2) is 0 Å². The standard InChI is InChI=1S/C19H23BrClNO2/c1-3-23-18-12-15(11-17(20)19(18)24-4-2)13-22-10-9-14-5-7-16(21)8-6-14/h5-8,11-12,22H,3-4,9-10,13H2,1-2H3. The van der Waals surface area contributed by atoms with Gasteiger partial charge in [0.2, 0.25) is 0 Å². The van der Waals surface area contributed by atoms with E-state index in [-0.39, 0.29) is 0 Å². The van der Waals surface area contributed by atoms with Crippen molar-refractivity contribution in [3.8, 4) is 11.5 Å². The van der Waals surface area contributed by atoms with Crippen LogP contribution in [-0.4, -0.2) is 19.8 Å². The van der Waals surface area contributed by atoms with Gasteiger partial charge in [0.1, 0.15) is 0 Å². The van der Waals surface area contributed by atoms with Crippen LogP contribution in [0, 0.1) is 0 Å². The van der Waals surface area contributed by atoms with Gasteiger partial charge >= 0.3 is 0 Å². The van der Waals surface area contributed by atoms with E-state index in [0.717, 1.165) is 46.1 Å². The molecule has 0 aromatic heterocycles. The van der Waals surface area contributed by atoms with Crippen molar-refractivity contribution in [2.75, 3.05) is 19.8 Å². The van der Waals surface area contributed by atoms with Gasteiger partial charge in [0.05, 0.1) is 17.7 Å². The van der Waals surface area contributed by atoms with Crippen LogP contribution in [0.3, 0.4) is 0 Å². The lowest BCUT2D eigenvalue weighted by Crippen LogP contribution is -2.16. The van der Waals surface area contributed by atoms with E-state index >= 15 is 0 Å². The molecule has 0 aliphatic carbocycles. The summed E-state index contributed by atoms with van der Waals surface area (Å²) in [5.74, 6) is 1.55. The van der Waals surface area contributed by atoms with Gasteiger partial charge in [0, 0.05) is 11.6 Å². The summed E-state index contributed by atoms with van der Waals surface area (Å²) in [6.45, 7) is 6.83. The smallest absolute Gasteiger partial charge is 0.175 e. The number of ether oxygens (including phenoxy) is 2. The summed E-state index contributed by atoms with van der Waals surface area (Å²) >= 11 is 9.48. The van der Waals surface area contributed by atoms with Crippen molar-refractivity contribution in [2.45, 2.75) is 26.8 Å². The lowest BCUT2D eigenvalue weighted by Gasteiger charge is -2.15. The first-order valence-electron chi connectivity index (χ1n) is 8.17. The van der Waals surface area contributed by atoms with E-state index in [0.29, 0.717) is 13.2 Å². The highest BCUT2D eigenvalue weighted by molar-refractivity contribution is 9.10. The summed E-state index contributed by atoms with van der Waals surface area (Å²) in [5, 5.41) is 4.24. The van der Waals surface area contributed by atoms with E-state index in [2.05, 4.69) is 39.4 Å². The minimum atomic E-state index is 0.608. The normalized spacial score (nSPS) is 10.7. The Morgan fingerprint density at radius 3 is 2.38 bits per heavy atom. The highest BCUT2D eigenvalue weighted by atomic mass is 79.9. The Balaban J connectivity index is 1.93. The second-order valence-electron chi connectivity index (χ2n) is 5.32. The predicted molar refractivity (Wildman–Crippen MR) is 103 cm³/mol. The summed E-state index contributed by atoms with van der Waals surface area (Å²) in [6, 6.07) is 12.1. The summed E-state index contributed by atoms with van der Waals surface area (Å²) < 4.78 is 12.3. The molecule has 3 nitrogen and oxygen atoms in total. The molecule has 2 aromatic rings. The molecule has 0 atom stereocenters. The molecule has 0 radical (unpaired) electrons. The molecular weight excluding hydrogens is 390 g/mol. The zero-order valence-electron chi connectivity index (χ0n) is 14.1. The van der Waals surface area contributed by atoms with Crippen molar-refractivity contribution in [3.05, 3.63) is 57.0 Å². The van der Waals surface area contributed by atoms with Gasteiger partial charge in [-0.1, -0.05) is 23.7 Å². The lowest BCUT2D eigenvalue weighted by atomic mass is 10.1. The highest BCUT2D eigenvalue weighted by Gasteiger charge is 2.11. The lowest BCUT2D eigenvalue weighted by molar-refractivity contribution is 0.286. The molecule has 5 heteroatoms. The van der Waals surface area contributed by atoms with Crippen molar-refractivity contribution in [1.29, 1.82) is 0 Å². The molecule has 24 heavy (non-hydrogen) atoms. The average molecular weight is 413 g/mol. The Hall–Kier alpha value is -1.23. The van der Waals surface area contributed by atoms with E-state index < -0.39 is 0 Å². The van der Waals surface area contributed by atoms with Crippen LogP contribution in [0.2, 0.25) is 5.02 Å². The number of hydrogen-bond donors (Lipinski definition) is 1. The van der Waals surface area contributed by atoms with Crippen molar-refractivity contribution in [1.82, 2.24) is 5.32 Å². The van der Waals surface area contributed by atoms with Crippen molar-refractivity contribution >= 4 is 27.5 Å². The van der Waals surface area contributed by atoms with Crippen LogP contribution >= 0.6 is 27.5 Å². The monoisotopic (exact) mass is 411 g/mol. The number of benzene rings is 2. The van der Waals surface area contributed by atoms with Crippen molar-refractivity contribution in [3.63, 3.8) is 0 Å². The second-order valence-corrected chi connectivity index (χ2v) is 6.61. The maximum atomic E-state index is 5.90. The van der Waals surface area contributed by atoms with Gasteiger partial charge in [0.25, 0.3) is 0 Å². The molecule has 0 saturated heterocycles. The maximum Gasteiger partial charge on any atom is 0.175 e. The summed E-state index contributed by atoms with van der Waals surface area (Å²) in [7, 11) is 0. The molecule has 0 amide bonds. The molecule has 0 spiro atoms. The molecule has 0 heterocycles. The van der Waals surface area contributed by atoms with Gasteiger partial charge in [-0.15, -0.1) is 0 Å². The molecule has 2 rings (SSSR count). The van der Waals surface area contributed by atoms with Crippen LogP contribution in [0.4, 0.5) is 0 Å². The number of nitrogens with one attached hydrogen (secondary N) is 1. The zero-order chi connectivity index (χ0) is 17.4. The number of halogens is 2. The minimum Gasteiger partial charge on any atom is -0.490 e. The minimum absolute atomic E-state index is 0.608. The van der Waals surface area contributed by atoms with E-state index in [9.17, 15) is 0 Å². The highest BCUT2D eigenvalue weighted by Crippen LogP contribution is 2.36. The first-order chi connectivity index (χ1) is 11.6. The fourth-order valence-corrected chi connectivity index (χ4v) is 3.12. The Kier molecular flexibility index (Phi) is 7.89. The van der Waals surface area contributed by atoms with Crippen LogP contribution in [-0.2, 0) is 13.0 Å². The third-order valence-electron chi connectivity index (χ3n) is 3.49. The number of hydrogen-bond acceptors (Lipinski definition) is 3. The quantitative estimate of drug-likeness (QED) is 0.572. The van der Waals surface area contributed by atoms with Gasteiger partial charge in [-0.2, -0.15) is 0 Å². The molecule has 0 bridgehead atoms. The SMILES string of the molecule is CCOc1cc(CNCCc2ccc(Cl)cc2)cc(Br)c1OCC. The van der Waals surface area contributed by atoms with Crippen LogP contribution in [0.25, 0.3) is 0 Å². The van der Waals surface area contributed by atoms with Crippen molar-refractivity contribution in [2.24, 2.45) is 0 Å². The fraction of sp³-hybridized carbons (Fsp3) is 0.368. The summed E-state index contributed by atoms with van der Waals surface area (Å²) in [5.41, 5.74) is 2.43. The number of rotatable bonds is 9. The first-order valence-corrected chi connectivity index (χ1v) is 9.34. The largest absolute Gasteiger partial charge is 0.490 e. The maximum absolute atomic E-state index is 5.90. The summed E-state index contributed by atoms with van der Waals surface area (Å²) in [6.07, 6.45) is 0.966. The third-order valence-corrected chi connectivity index (χ3v) is 4.33. The average Bonchev–Trinajstić information content (AvgIpc) is 2.57. The molecule has 0 aliphatic heterocycles. The Bertz CT molecular complexity index is 647. The predicted octanol–water partition coefficient (Wildman–Crippen LogP) is 5.23. The topological polar surface area (TPSA) is 30.5 Å². The molecule has 0 saturated carbocycles. The van der Waals surface area contributed by atoms with E-state index in [1.165, 1.54) is 5.56 Å². The first kappa shape index (κ1) is 19.1. The van der Waals surface area contributed by atoms with Crippen molar-refractivity contribution < 1.29 is 9.47 Å². The van der Waals surface area contributed by atoms with Gasteiger partial charge < -0.3 is 14.8 Å². The van der Waals surface area contributed by atoms with Crippen LogP contribution in [0.1, 0.15) is 25.0 Å². The molecular formula is C19H23BrClNO2. The van der Waals surface area contributed by atoms with Gasteiger partial charge in [-0.3, -0.25) is 0 Å². The third kappa shape index (κ3) is 5.69. The van der Waals surface area contributed by atoms with E-state index in [4.69, 9.17) is 21.1 Å². The Labute approximate surface area is 157 Å². The Morgan fingerprint density at radius 2 is 1.71 bits per heavy atom. The molecule has 0 fully saturated rings. The summed E-state index contributed by atoms with van der Waals surface area (Å²) in [4.78, 5) is 0. The van der Waals surface area contributed by atoms with Crippen LogP contribution in [0.15, 0.2) is 40.9 Å². The van der Waals surface area contributed by atoms with Gasteiger partial charge in [-0.05, 0) is 78.1 Å². The molecule has 130 valence electrons. The van der Waals surface area contributed by atoms with Crippen LogP contribution < -0.4 is 14.8 Å². The molecule has 0 aliphatic rings. The zero-order valence-corrected chi connectivity index (χ0v) is 16.4. The van der Waals surface area contributed by atoms with Crippen LogP contribution in [0.5, 0.6) is 11.5 Å². The van der Waals surface area contributed by atoms with E-state index in [1.807, 2.05) is 32.0 Å². The molecule has 0 unspecified atom stereocenters. The Morgan fingerprint density at radius 1 is 1.00 bits per heavy atom. The fourth-order valence-electron chi connectivity index (χ4n) is 2.39. The van der Waals surface area contributed by atoms with Gasteiger partial charge in [0.15, 0.2) is 11.5 Å².